The van der Waals surface area contributed by atoms with Crippen molar-refractivity contribution in [2.45, 2.75) is 87.9 Å². The first-order valence-electron chi connectivity index (χ1n) is 13.2. The largest absolute Gasteiger partial charge is 0.463 e. The maximum atomic E-state index is 13.0. The van der Waals surface area contributed by atoms with Crippen LogP contribution in [-0.4, -0.2) is 95.8 Å². The number of cyclic esters (lactones) is 2. The normalized spacial score (nSPS) is 53.8. The number of carbonyl (C=O) groups excluding carboxylic acids is 3. The molecule has 6 aliphatic rings. The highest BCUT2D eigenvalue weighted by molar-refractivity contribution is 5.84. The summed E-state index contributed by atoms with van der Waals surface area (Å²) in [5.41, 5.74) is -3.47. The molecule has 11 heteroatoms. The van der Waals surface area contributed by atoms with Crippen molar-refractivity contribution in [3.8, 4) is 0 Å². The number of hydrogen-bond donors (Lipinski definition) is 2. The lowest BCUT2D eigenvalue weighted by molar-refractivity contribution is -0.261. The minimum absolute atomic E-state index is 0.00885. The molecule has 6 rings (SSSR count). The number of hydrogen-bond acceptors (Lipinski definition) is 11. The zero-order chi connectivity index (χ0) is 27.1. The summed E-state index contributed by atoms with van der Waals surface area (Å²) in [6.45, 7) is 5.64. The van der Waals surface area contributed by atoms with E-state index >= 15 is 0 Å². The molecule has 208 valence electrons. The number of fused-ring (bicyclic) bond motifs is 2. The van der Waals surface area contributed by atoms with Crippen LogP contribution in [0.5, 0.6) is 0 Å². The summed E-state index contributed by atoms with van der Waals surface area (Å²) in [6.07, 6.45) is 1.58. The lowest BCUT2D eigenvalue weighted by Crippen LogP contribution is -2.71. The number of carbonyl (C=O) groups is 3. The Kier molecular flexibility index (Phi) is 5.87. The Labute approximate surface area is 220 Å². The molecule has 0 aromatic heterocycles. The fourth-order valence-corrected chi connectivity index (χ4v) is 7.38. The van der Waals surface area contributed by atoms with E-state index in [-0.39, 0.29) is 32.2 Å². The van der Waals surface area contributed by atoms with Gasteiger partial charge in [0.05, 0.1) is 36.9 Å². The van der Waals surface area contributed by atoms with Crippen molar-refractivity contribution < 1.29 is 53.0 Å². The first-order chi connectivity index (χ1) is 18.0. The number of esters is 3. The second kappa shape index (κ2) is 8.59. The molecular weight excluding hydrogens is 500 g/mol. The molecule has 0 radical (unpaired) electrons. The van der Waals surface area contributed by atoms with Gasteiger partial charge in [-0.2, -0.15) is 0 Å². The van der Waals surface area contributed by atoms with E-state index in [2.05, 4.69) is 0 Å². The molecule has 2 bridgehead atoms. The standard InChI is InChI=1S/C27H34O11/c1-14-8-9-33-18(29)6-4-5-7-19(30)36-16-10-17-27(13-35-27)25(16,3)26(12-34-23(32)20(14)31)11-15(28)24(2)21(38-24)22(26)37-17/h4-7,14-17,20-22,28,31H,8-13H2,1-3H3/b6-4+,7-5+/t14-,15+,16-,17+,20-,21+,22+,24+,25?,26+,27-/m1/s1. The maximum Gasteiger partial charge on any atom is 0.335 e. The molecule has 2 spiro atoms. The Morgan fingerprint density at radius 3 is 2.37 bits per heavy atom. The molecule has 0 aromatic carbocycles. The third-order valence-electron chi connectivity index (χ3n) is 10.1. The minimum atomic E-state index is -1.45. The van der Waals surface area contributed by atoms with Gasteiger partial charge in [0.15, 0.2) is 6.10 Å². The van der Waals surface area contributed by atoms with Crippen LogP contribution < -0.4 is 0 Å². The van der Waals surface area contributed by atoms with Crippen LogP contribution >= 0.6 is 0 Å². The van der Waals surface area contributed by atoms with Crippen molar-refractivity contribution in [3.63, 3.8) is 0 Å². The highest BCUT2D eigenvalue weighted by atomic mass is 16.7. The van der Waals surface area contributed by atoms with Gasteiger partial charge in [-0.05, 0) is 25.7 Å². The van der Waals surface area contributed by atoms with Gasteiger partial charge in [-0.1, -0.05) is 26.0 Å². The van der Waals surface area contributed by atoms with Crippen molar-refractivity contribution >= 4 is 17.9 Å². The van der Waals surface area contributed by atoms with E-state index in [1.54, 1.807) is 6.92 Å². The number of allylic oxidation sites excluding steroid dienone is 2. The van der Waals surface area contributed by atoms with Gasteiger partial charge in [-0.3, -0.25) is 0 Å². The smallest absolute Gasteiger partial charge is 0.335 e. The van der Waals surface area contributed by atoms with Gasteiger partial charge in [-0.15, -0.1) is 0 Å². The van der Waals surface area contributed by atoms with E-state index in [9.17, 15) is 24.6 Å². The highest BCUT2D eigenvalue weighted by Crippen LogP contribution is 2.75. The summed E-state index contributed by atoms with van der Waals surface area (Å²) in [7, 11) is 0. The van der Waals surface area contributed by atoms with Crippen molar-refractivity contribution in [2.75, 3.05) is 19.8 Å². The van der Waals surface area contributed by atoms with Crippen LogP contribution in [0.15, 0.2) is 24.3 Å². The number of rotatable bonds is 0. The molecule has 5 fully saturated rings. The van der Waals surface area contributed by atoms with Gasteiger partial charge < -0.3 is 38.6 Å². The van der Waals surface area contributed by atoms with E-state index in [4.69, 9.17) is 28.4 Å². The summed E-state index contributed by atoms with van der Waals surface area (Å²) >= 11 is 0. The SMILES string of the molecule is C[C@@H]1CCOC(=O)/C=C/C=C/C(=O)O[C@@H]2C[C@@H]3O[C@H]4[C@@H]5O[C@@]5(C)[C@@H](O)C[C@@]4(COC(=O)[C@@H]1O)C2(C)[C@@]31CO1. The van der Waals surface area contributed by atoms with Crippen LogP contribution in [0.2, 0.25) is 0 Å². The Hall–Kier alpha value is -2.31. The van der Waals surface area contributed by atoms with Crippen molar-refractivity contribution in [1.29, 1.82) is 0 Å². The van der Waals surface area contributed by atoms with E-state index < -0.39 is 76.4 Å². The molecule has 3 saturated heterocycles. The molecule has 2 saturated carbocycles. The lowest BCUT2D eigenvalue weighted by atomic mass is 9.49. The molecule has 4 aliphatic heterocycles. The highest BCUT2D eigenvalue weighted by Gasteiger charge is 2.87. The van der Waals surface area contributed by atoms with Crippen LogP contribution in [0.3, 0.4) is 0 Å². The van der Waals surface area contributed by atoms with Gasteiger partial charge in [0, 0.05) is 24.0 Å². The molecule has 11 atom stereocenters. The van der Waals surface area contributed by atoms with Crippen molar-refractivity contribution in [3.05, 3.63) is 24.3 Å². The third-order valence-corrected chi connectivity index (χ3v) is 10.1. The van der Waals surface area contributed by atoms with Crippen LogP contribution in [-0.2, 0) is 42.8 Å². The van der Waals surface area contributed by atoms with Gasteiger partial charge in [-0.25, -0.2) is 14.4 Å². The molecule has 38 heavy (non-hydrogen) atoms. The van der Waals surface area contributed by atoms with Gasteiger partial charge in [0.1, 0.15) is 30.0 Å². The predicted octanol–water partition coefficient (Wildman–Crippen LogP) is 0.353. The number of epoxide rings is 2. The second-order valence-electron chi connectivity index (χ2n) is 11.9. The average Bonchev–Trinajstić information content (AvgIpc) is 3.78. The van der Waals surface area contributed by atoms with E-state index in [0.29, 0.717) is 13.0 Å². The van der Waals surface area contributed by atoms with Gasteiger partial charge in [0.2, 0.25) is 0 Å². The van der Waals surface area contributed by atoms with E-state index in [0.717, 1.165) is 0 Å². The molecule has 0 aromatic rings. The topological polar surface area (TPSA) is 154 Å². The fraction of sp³-hybridized carbons (Fsp3) is 0.741. The van der Waals surface area contributed by atoms with Gasteiger partial charge >= 0.3 is 17.9 Å². The fourth-order valence-electron chi connectivity index (χ4n) is 7.38. The Morgan fingerprint density at radius 1 is 0.947 bits per heavy atom. The van der Waals surface area contributed by atoms with Crippen LogP contribution in [0, 0.1) is 16.7 Å². The maximum absolute atomic E-state index is 13.0. The van der Waals surface area contributed by atoms with Gasteiger partial charge in [0.25, 0.3) is 0 Å². The van der Waals surface area contributed by atoms with Crippen LogP contribution in [0.1, 0.15) is 40.0 Å². The number of aliphatic hydroxyl groups is 2. The molecule has 2 aliphatic carbocycles. The molecule has 4 heterocycles. The molecule has 0 amide bonds. The van der Waals surface area contributed by atoms with E-state index in [1.165, 1.54) is 24.3 Å². The van der Waals surface area contributed by atoms with Crippen molar-refractivity contribution in [1.82, 2.24) is 0 Å². The predicted molar refractivity (Wildman–Crippen MR) is 126 cm³/mol. The Balaban J connectivity index is 1.39. The third kappa shape index (κ3) is 3.48. The summed E-state index contributed by atoms with van der Waals surface area (Å²) < 4.78 is 35.5. The summed E-state index contributed by atoms with van der Waals surface area (Å²) in [5, 5.41) is 21.9. The Bertz CT molecular complexity index is 1100. The second-order valence-corrected chi connectivity index (χ2v) is 11.9. The summed E-state index contributed by atoms with van der Waals surface area (Å²) in [6, 6.07) is 0. The number of ether oxygens (including phenoxy) is 6. The minimum Gasteiger partial charge on any atom is -0.463 e. The zero-order valence-corrected chi connectivity index (χ0v) is 21.7. The molecule has 11 nitrogen and oxygen atoms in total. The van der Waals surface area contributed by atoms with Crippen LogP contribution in [0.25, 0.3) is 0 Å². The summed E-state index contributed by atoms with van der Waals surface area (Å²) in [4.78, 5) is 37.8. The number of aliphatic hydroxyl groups excluding tert-OH is 2. The van der Waals surface area contributed by atoms with Crippen LogP contribution in [0.4, 0.5) is 0 Å². The summed E-state index contributed by atoms with van der Waals surface area (Å²) in [5.74, 6) is -2.60. The Morgan fingerprint density at radius 2 is 1.66 bits per heavy atom. The molecular formula is C27H34O11. The first kappa shape index (κ1) is 25.9. The van der Waals surface area contributed by atoms with E-state index in [1.807, 2.05) is 13.8 Å². The molecule has 2 N–H and O–H groups in total. The molecule has 1 unspecified atom stereocenters. The first-order valence-corrected chi connectivity index (χ1v) is 13.2. The zero-order valence-electron chi connectivity index (χ0n) is 21.7. The average molecular weight is 535 g/mol. The lowest BCUT2D eigenvalue weighted by Gasteiger charge is -2.59. The van der Waals surface area contributed by atoms with Crippen molar-refractivity contribution in [2.24, 2.45) is 16.7 Å². The quantitative estimate of drug-likeness (QED) is 0.251. The monoisotopic (exact) mass is 534 g/mol.